The van der Waals surface area contributed by atoms with Gasteiger partial charge in [0.25, 0.3) is 5.52 Å². The highest BCUT2D eigenvalue weighted by Crippen LogP contribution is 2.08. The van der Waals surface area contributed by atoms with Gasteiger partial charge in [-0.3, -0.25) is 0 Å². The van der Waals surface area contributed by atoms with Gasteiger partial charge in [-0.2, -0.15) is 0 Å². The summed E-state index contributed by atoms with van der Waals surface area (Å²) in [6.07, 6.45) is 3.35. The molecule has 2 heteroatoms. The second kappa shape index (κ2) is 2.23. The summed E-state index contributed by atoms with van der Waals surface area (Å²) in [4.78, 5) is 0. The van der Waals surface area contributed by atoms with Crippen LogP contribution < -0.4 is 4.57 Å². The van der Waals surface area contributed by atoms with Crippen LogP contribution in [0, 0.1) is 0 Å². The zero-order valence-corrected chi connectivity index (χ0v) is 6.03. The van der Waals surface area contributed by atoms with Gasteiger partial charge in [-0.1, -0.05) is 12.1 Å². The third kappa shape index (κ3) is 0.835. The molecule has 0 aliphatic rings. The van der Waals surface area contributed by atoms with Crippen molar-refractivity contribution in [2.24, 2.45) is 0 Å². The summed E-state index contributed by atoms with van der Waals surface area (Å²) in [6.45, 7) is 3.66. The molecule has 0 bridgehead atoms. The average molecular weight is 146 g/mol. The Hall–Kier alpha value is -1.57. The van der Waals surface area contributed by atoms with Crippen molar-refractivity contribution in [1.82, 2.24) is 0 Å². The van der Waals surface area contributed by atoms with E-state index in [1.165, 1.54) is 0 Å². The molecule has 1 heterocycles. The second-order valence-corrected chi connectivity index (χ2v) is 2.28. The molecule has 2 nitrogen and oxygen atoms in total. The van der Waals surface area contributed by atoms with Crippen molar-refractivity contribution in [3.63, 3.8) is 0 Å². The number of hydrogen-bond donors (Lipinski definition) is 0. The third-order valence-electron chi connectivity index (χ3n) is 1.63. The number of rotatable bonds is 1. The van der Waals surface area contributed by atoms with E-state index in [0.29, 0.717) is 0 Å². The lowest BCUT2D eigenvalue weighted by Gasteiger charge is -1.79. The fourth-order valence-electron chi connectivity index (χ4n) is 1.08. The van der Waals surface area contributed by atoms with Crippen LogP contribution in [0.15, 0.2) is 41.7 Å². The fourth-order valence-corrected chi connectivity index (χ4v) is 1.08. The van der Waals surface area contributed by atoms with Crippen LogP contribution in [0.2, 0.25) is 0 Å². The predicted molar refractivity (Wildman–Crippen MR) is 42.8 cm³/mol. The molecule has 0 saturated carbocycles. The number of aromatic nitrogens is 1. The van der Waals surface area contributed by atoms with E-state index in [-0.39, 0.29) is 0 Å². The maximum Gasteiger partial charge on any atom is 0.340 e. The number of benzene rings is 1. The lowest BCUT2D eigenvalue weighted by Crippen LogP contribution is -2.21. The first-order chi connectivity index (χ1) is 5.42. The Morgan fingerprint density at radius 2 is 2.18 bits per heavy atom. The average Bonchev–Trinajstić information content (AvgIpc) is 2.47. The van der Waals surface area contributed by atoms with Crippen LogP contribution in [0.25, 0.3) is 17.3 Å². The minimum Gasteiger partial charge on any atom is -0.403 e. The predicted octanol–water partition coefficient (Wildman–Crippen LogP) is 1.82. The largest absolute Gasteiger partial charge is 0.403 e. The summed E-state index contributed by atoms with van der Waals surface area (Å²) in [5, 5.41) is 0. The fraction of sp³-hybridized carbons (Fsp3) is 0. The maximum atomic E-state index is 5.23. The number of oxazole rings is 1. The Kier molecular flexibility index (Phi) is 1.25. The molecule has 0 aliphatic carbocycles. The van der Waals surface area contributed by atoms with Crippen LogP contribution in [-0.2, 0) is 0 Å². The van der Waals surface area contributed by atoms with E-state index in [0.717, 1.165) is 11.1 Å². The van der Waals surface area contributed by atoms with Gasteiger partial charge in [0.2, 0.25) is 5.58 Å². The Balaban J connectivity index is 2.86. The molecule has 2 rings (SSSR count). The Morgan fingerprint density at radius 1 is 1.36 bits per heavy atom. The van der Waals surface area contributed by atoms with Crippen LogP contribution in [0.4, 0.5) is 0 Å². The van der Waals surface area contributed by atoms with E-state index in [4.69, 9.17) is 4.42 Å². The zero-order valence-electron chi connectivity index (χ0n) is 6.03. The van der Waals surface area contributed by atoms with Crippen LogP contribution in [-0.4, -0.2) is 0 Å². The van der Waals surface area contributed by atoms with Crippen molar-refractivity contribution in [3.8, 4) is 0 Å². The Bertz CT molecular complexity index is 389. The van der Waals surface area contributed by atoms with Crippen molar-refractivity contribution in [1.29, 1.82) is 0 Å². The van der Waals surface area contributed by atoms with Gasteiger partial charge in [0, 0.05) is 6.07 Å². The van der Waals surface area contributed by atoms with Crippen LogP contribution in [0.3, 0.4) is 0 Å². The normalized spacial score (nSPS) is 10.2. The first kappa shape index (κ1) is 6.16. The molecule has 11 heavy (non-hydrogen) atoms. The molecular weight excluding hydrogens is 138 g/mol. The van der Waals surface area contributed by atoms with Crippen molar-refractivity contribution in [2.75, 3.05) is 0 Å². The summed E-state index contributed by atoms with van der Waals surface area (Å²) in [5.41, 5.74) is 1.93. The molecule has 0 amide bonds. The van der Waals surface area contributed by atoms with Gasteiger partial charge in [0.05, 0.1) is 0 Å². The molecule has 1 aromatic heterocycles. The maximum absolute atomic E-state index is 5.23. The molecule has 0 N–H and O–H groups in total. The highest BCUT2D eigenvalue weighted by molar-refractivity contribution is 5.68. The quantitative estimate of drug-likeness (QED) is 0.561. The first-order valence-corrected chi connectivity index (χ1v) is 3.42. The van der Waals surface area contributed by atoms with Gasteiger partial charge in [-0.15, -0.1) is 4.57 Å². The van der Waals surface area contributed by atoms with Gasteiger partial charge in [0.1, 0.15) is 0 Å². The summed E-state index contributed by atoms with van der Waals surface area (Å²) < 4.78 is 7.07. The summed E-state index contributed by atoms with van der Waals surface area (Å²) in [6, 6.07) is 7.83. The lowest BCUT2D eigenvalue weighted by atomic mass is 10.3. The molecule has 0 fully saturated rings. The van der Waals surface area contributed by atoms with Crippen molar-refractivity contribution in [2.45, 2.75) is 0 Å². The van der Waals surface area contributed by atoms with Crippen LogP contribution in [0.1, 0.15) is 0 Å². The summed E-state index contributed by atoms with van der Waals surface area (Å²) in [7, 11) is 0. The SMILES string of the molecule is C=C[n+]1coc2ccccc21. The molecule has 0 spiro atoms. The first-order valence-electron chi connectivity index (χ1n) is 3.42. The second-order valence-electron chi connectivity index (χ2n) is 2.28. The van der Waals surface area contributed by atoms with E-state index < -0.39 is 0 Å². The van der Waals surface area contributed by atoms with E-state index in [1.54, 1.807) is 12.6 Å². The molecule has 0 unspecified atom stereocenters. The third-order valence-corrected chi connectivity index (χ3v) is 1.63. The molecule has 54 valence electrons. The molecule has 0 atom stereocenters. The standard InChI is InChI=1S/C9H8NO/c1-2-10-7-11-9-6-4-3-5-8(9)10/h2-7H,1H2/q+1. The molecule has 0 aliphatic heterocycles. The summed E-state index contributed by atoms with van der Waals surface area (Å²) >= 11 is 0. The number of para-hydroxylation sites is 2. The monoisotopic (exact) mass is 146 g/mol. The van der Waals surface area contributed by atoms with Crippen molar-refractivity contribution >= 4 is 17.3 Å². The van der Waals surface area contributed by atoms with E-state index >= 15 is 0 Å². The van der Waals surface area contributed by atoms with Gasteiger partial charge >= 0.3 is 6.39 Å². The van der Waals surface area contributed by atoms with Gasteiger partial charge in [-0.05, 0) is 12.6 Å². The lowest BCUT2D eigenvalue weighted by molar-refractivity contribution is -0.544. The Labute approximate surface area is 64.4 Å². The molecule has 0 saturated heterocycles. The molecule has 1 aromatic carbocycles. The van der Waals surface area contributed by atoms with Crippen molar-refractivity contribution in [3.05, 3.63) is 37.2 Å². The van der Waals surface area contributed by atoms with Crippen molar-refractivity contribution < 1.29 is 8.98 Å². The highest BCUT2D eigenvalue weighted by atomic mass is 16.3. The highest BCUT2D eigenvalue weighted by Gasteiger charge is 2.07. The van der Waals surface area contributed by atoms with Crippen LogP contribution >= 0.6 is 0 Å². The number of nitrogens with zero attached hydrogens (tertiary/aromatic N) is 1. The smallest absolute Gasteiger partial charge is 0.340 e. The van der Waals surface area contributed by atoms with Gasteiger partial charge in [0.15, 0.2) is 6.20 Å². The number of hydrogen-bond acceptors (Lipinski definition) is 1. The Morgan fingerprint density at radius 3 is 3.00 bits per heavy atom. The van der Waals surface area contributed by atoms with Crippen LogP contribution in [0.5, 0.6) is 0 Å². The molecular formula is C9H8NO+. The number of fused-ring (bicyclic) bond motifs is 1. The summed E-state index contributed by atoms with van der Waals surface area (Å²) in [5.74, 6) is 0. The van der Waals surface area contributed by atoms with E-state index in [1.807, 2.05) is 28.8 Å². The van der Waals surface area contributed by atoms with Gasteiger partial charge in [-0.25, -0.2) is 0 Å². The molecule has 0 radical (unpaired) electrons. The van der Waals surface area contributed by atoms with E-state index in [2.05, 4.69) is 6.58 Å². The molecule has 2 aromatic rings. The van der Waals surface area contributed by atoms with E-state index in [9.17, 15) is 0 Å². The topological polar surface area (TPSA) is 17.0 Å². The van der Waals surface area contributed by atoms with Gasteiger partial charge < -0.3 is 4.42 Å². The minimum absolute atomic E-state index is 0.882. The zero-order chi connectivity index (χ0) is 7.68. The minimum atomic E-state index is 0.882.